The van der Waals surface area contributed by atoms with Crippen LogP contribution in [0, 0.1) is 12.8 Å². The van der Waals surface area contributed by atoms with Gasteiger partial charge in [0.05, 0.1) is 16.9 Å². The SMILES string of the molecule is Cc1ccc2nc(CCl)n(C3CC3C)c2c1. The van der Waals surface area contributed by atoms with E-state index in [2.05, 4.69) is 41.6 Å². The molecule has 0 spiro atoms. The first-order valence-corrected chi connectivity index (χ1v) is 6.27. The molecule has 0 bridgehead atoms. The smallest absolute Gasteiger partial charge is 0.125 e. The van der Waals surface area contributed by atoms with Crippen molar-refractivity contribution >= 4 is 22.6 Å². The first-order valence-electron chi connectivity index (χ1n) is 5.74. The van der Waals surface area contributed by atoms with Gasteiger partial charge in [0.15, 0.2) is 0 Å². The Hall–Kier alpha value is -1.02. The minimum absolute atomic E-state index is 0.497. The van der Waals surface area contributed by atoms with Crippen LogP contribution in [0.25, 0.3) is 11.0 Å². The van der Waals surface area contributed by atoms with Gasteiger partial charge in [0.2, 0.25) is 0 Å². The molecule has 0 radical (unpaired) electrons. The number of alkyl halides is 1. The average molecular weight is 235 g/mol. The number of aryl methyl sites for hydroxylation is 1. The number of hydrogen-bond acceptors (Lipinski definition) is 1. The molecule has 0 amide bonds. The number of benzene rings is 1. The standard InChI is InChI=1S/C13H15ClN2/c1-8-3-4-10-12(5-8)16(11-6-9(11)2)13(7-14)15-10/h3-5,9,11H,6-7H2,1-2H3. The zero-order valence-electron chi connectivity index (χ0n) is 9.57. The molecule has 1 aromatic heterocycles. The first-order chi connectivity index (χ1) is 7.70. The maximum atomic E-state index is 5.98. The summed E-state index contributed by atoms with van der Waals surface area (Å²) in [7, 11) is 0. The average Bonchev–Trinajstić information content (AvgIpc) is 2.87. The lowest BCUT2D eigenvalue weighted by atomic mass is 10.2. The number of nitrogens with zero attached hydrogens (tertiary/aromatic N) is 2. The molecule has 1 fully saturated rings. The number of halogens is 1. The first kappa shape index (κ1) is 10.2. The third-order valence-corrected chi connectivity index (χ3v) is 3.68. The molecule has 1 aromatic carbocycles. The third-order valence-electron chi connectivity index (χ3n) is 3.44. The molecule has 0 saturated heterocycles. The molecule has 3 heteroatoms. The molecule has 0 aliphatic heterocycles. The van der Waals surface area contributed by atoms with Gasteiger partial charge in [-0.25, -0.2) is 4.98 Å². The quantitative estimate of drug-likeness (QED) is 0.725. The Kier molecular flexibility index (Phi) is 2.21. The van der Waals surface area contributed by atoms with Crippen molar-refractivity contribution in [3.63, 3.8) is 0 Å². The van der Waals surface area contributed by atoms with Gasteiger partial charge in [-0.05, 0) is 37.0 Å². The molecule has 3 rings (SSSR count). The van der Waals surface area contributed by atoms with Crippen molar-refractivity contribution in [3.8, 4) is 0 Å². The molecular formula is C13H15ClN2. The van der Waals surface area contributed by atoms with Crippen LogP contribution >= 0.6 is 11.6 Å². The molecule has 1 aliphatic carbocycles. The summed E-state index contributed by atoms with van der Waals surface area (Å²) in [6, 6.07) is 7.02. The van der Waals surface area contributed by atoms with Crippen molar-refractivity contribution in [2.45, 2.75) is 32.2 Å². The van der Waals surface area contributed by atoms with Gasteiger partial charge < -0.3 is 4.57 Å². The highest BCUT2D eigenvalue weighted by Gasteiger charge is 2.36. The van der Waals surface area contributed by atoms with Gasteiger partial charge in [0.25, 0.3) is 0 Å². The zero-order chi connectivity index (χ0) is 11.3. The van der Waals surface area contributed by atoms with Crippen LogP contribution in [-0.4, -0.2) is 9.55 Å². The zero-order valence-corrected chi connectivity index (χ0v) is 10.3. The van der Waals surface area contributed by atoms with E-state index in [-0.39, 0.29) is 0 Å². The highest BCUT2D eigenvalue weighted by molar-refractivity contribution is 6.16. The maximum Gasteiger partial charge on any atom is 0.125 e. The summed E-state index contributed by atoms with van der Waals surface area (Å²) in [6.45, 7) is 4.40. The van der Waals surface area contributed by atoms with Crippen molar-refractivity contribution in [1.82, 2.24) is 9.55 Å². The number of imidazole rings is 1. The van der Waals surface area contributed by atoms with E-state index < -0.39 is 0 Å². The van der Waals surface area contributed by atoms with Crippen molar-refractivity contribution in [2.24, 2.45) is 5.92 Å². The van der Waals surface area contributed by atoms with E-state index in [1.165, 1.54) is 17.5 Å². The van der Waals surface area contributed by atoms with E-state index >= 15 is 0 Å². The van der Waals surface area contributed by atoms with Crippen LogP contribution < -0.4 is 0 Å². The van der Waals surface area contributed by atoms with E-state index in [4.69, 9.17) is 11.6 Å². The van der Waals surface area contributed by atoms with Crippen LogP contribution in [0.3, 0.4) is 0 Å². The van der Waals surface area contributed by atoms with Gasteiger partial charge in [-0.2, -0.15) is 0 Å². The van der Waals surface area contributed by atoms with Gasteiger partial charge in [-0.1, -0.05) is 13.0 Å². The minimum atomic E-state index is 0.497. The van der Waals surface area contributed by atoms with Crippen LogP contribution in [0.5, 0.6) is 0 Å². The van der Waals surface area contributed by atoms with Crippen LogP contribution in [0.2, 0.25) is 0 Å². The number of hydrogen-bond donors (Lipinski definition) is 0. The van der Waals surface area contributed by atoms with Crippen LogP contribution in [0.4, 0.5) is 0 Å². The molecule has 2 unspecified atom stereocenters. The Bertz CT molecular complexity index is 544. The van der Waals surface area contributed by atoms with Gasteiger partial charge >= 0.3 is 0 Å². The Labute approximate surface area is 100 Å². The lowest BCUT2D eigenvalue weighted by Crippen LogP contribution is -2.00. The van der Waals surface area contributed by atoms with Crippen LogP contribution in [-0.2, 0) is 5.88 Å². The maximum absolute atomic E-state index is 5.98. The van der Waals surface area contributed by atoms with E-state index in [1.807, 2.05) is 0 Å². The summed E-state index contributed by atoms with van der Waals surface area (Å²) in [4.78, 5) is 4.60. The predicted molar refractivity (Wildman–Crippen MR) is 66.8 cm³/mol. The molecule has 1 aliphatic rings. The molecule has 0 N–H and O–H groups in total. The summed E-state index contributed by atoms with van der Waals surface area (Å²) in [5, 5.41) is 0. The predicted octanol–water partition coefficient (Wildman–Crippen LogP) is 3.66. The van der Waals surface area contributed by atoms with Crippen molar-refractivity contribution in [1.29, 1.82) is 0 Å². The van der Waals surface area contributed by atoms with Crippen LogP contribution in [0.15, 0.2) is 18.2 Å². The number of fused-ring (bicyclic) bond motifs is 1. The topological polar surface area (TPSA) is 17.8 Å². The van der Waals surface area contributed by atoms with E-state index in [9.17, 15) is 0 Å². The van der Waals surface area contributed by atoms with Crippen molar-refractivity contribution < 1.29 is 0 Å². The lowest BCUT2D eigenvalue weighted by molar-refractivity contribution is 0.677. The molecule has 2 atom stereocenters. The second-order valence-corrected chi connectivity index (χ2v) is 5.07. The van der Waals surface area contributed by atoms with Gasteiger partial charge in [-0.15, -0.1) is 11.6 Å². The van der Waals surface area contributed by atoms with E-state index in [0.717, 1.165) is 17.3 Å². The largest absolute Gasteiger partial charge is 0.324 e. The van der Waals surface area contributed by atoms with Gasteiger partial charge in [0, 0.05) is 6.04 Å². The highest BCUT2D eigenvalue weighted by Crippen LogP contribution is 2.45. The van der Waals surface area contributed by atoms with Crippen LogP contribution in [0.1, 0.15) is 30.8 Å². The fraction of sp³-hybridized carbons (Fsp3) is 0.462. The molecule has 2 aromatic rings. The fourth-order valence-electron chi connectivity index (χ4n) is 2.38. The normalized spacial score (nSPS) is 23.9. The summed E-state index contributed by atoms with van der Waals surface area (Å²) in [6.07, 6.45) is 1.25. The summed E-state index contributed by atoms with van der Waals surface area (Å²) < 4.78 is 2.33. The lowest BCUT2D eigenvalue weighted by Gasteiger charge is -2.06. The summed E-state index contributed by atoms with van der Waals surface area (Å²) in [5.41, 5.74) is 3.59. The molecule has 2 nitrogen and oxygen atoms in total. The fourth-order valence-corrected chi connectivity index (χ4v) is 2.57. The van der Waals surface area contributed by atoms with Gasteiger partial charge in [0.1, 0.15) is 5.82 Å². The second kappa shape index (κ2) is 3.49. The third kappa shape index (κ3) is 1.44. The van der Waals surface area contributed by atoms with E-state index in [0.29, 0.717) is 11.9 Å². The van der Waals surface area contributed by atoms with Crippen molar-refractivity contribution in [3.05, 3.63) is 29.6 Å². The van der Waals surface area contributed by atoms with E-state index in [1.54, 1.807) is 0 Å². The van der Waals surface area contributed by atoms with Crippen molar-refractivity contribution in [2.75, 3.05) is 0 Å². The molecule has 1 heterocycles. The Balaban J connectivity index is 2.24. The Morgan fingerprint density at radius 3 is 2.88 bits per heavy atom. The Morgan fingerprint density at radius 1 is 1.50 bits per heavy atom. The summed E-state index contributed by atoms with van der Waals surface area (Å²) in [5.74, 6) is 2.27. The minimum Gasteiger partial charge on any atom is -0.324 e. The second-order valence-electron chi connectivity index (χ2n) is 4.80. The monoisotopic (exact) mass is 234 g/mol. The summed E-state index contributed by atoms with van der Waals surface area (Å²) >= 11 is 5.98. The highest BCUT2D eigenvalue weighted by atomic mass is 35.5. The number of aromatic nitrogens is 2. The molecule has 84 valence electrons. The molecule has 1 saturated carbocycles. The number of rotatable bonds is 2. The Morgan fingerprint density at radius 2 is 2.25 bits per heavy atom. The molecule has 16 heavy (non-hydrogen) atoms. The van der Waals surface area contributed by atoms with Gasteiger partial charge in [-0.3, -0.25) is 0 Å². The molecular weight excluding hydrogens is 220 g/mol.